The van der Waals surface area contributed by atoms with Gasteiger partial charge < -0.3 is 4.74 Å². The fourth-order valence-corrected chi connectivity index (χ4v) is 1.88. The maximum atomic E-state index is 13.7. The van der Waals surface area contributed by atoms with E-state index in [4.69, 9.17) is 22.2 Å². The summed E-state index contributed by atoms with van der Waals surface area (Å²) in [5, 5.41) is 0.528. The molecule has 0 bridgehead atoms. The fraction of sp³-hybridized carbons (Fsp3) is 0.154. The Hall–Kier alpha value is -1.69. The molecule has 0 spiro atoms. The number of hydrogen-bond donors (Lipinski definition) is 2. The van der Waals surface area contributed by atoms with Crippen molar-refractivity contribution in [2.45, 2.75) is 6.04 Å². The Kier molecular flexibility index (Phi) is 4.31. The van der Waals surface area contributed by atoms with Crippen LogP contribution in [0.5, 0.6) is 5.75 Å². The van der Waals surface area contributed by atoms with Crippen LogP contribution in [0.1, 0.15) is 17.3 Å². The van der Waals surface area contributed by atoms with E-state index in [1.807, 2.05) is 0 Å². The van der Waals surface area contributed by atoms with Gasteiger partial charge in [0.15, 0.2) is 11.6 Å². The lowest BCUT2D eigenvalue weighted by Gasteiger charge is -2.16. The van der Waals surface area contributed by atoms with E-state index < -0.39 is 11.9 Å². The molecule has 1 heterocycles. The van der Waals surface area contributed by atoms with Crippen LogP contribution in [0.4, 0.5) is 4.39 Å². The summed E-state index contributed by atoms with van der Waals surface area (Å²) in [6.07, 6.45) is 1.51. The summed E-state index contributed by atoms with van der Waals surface area (Å²) >= 11 is 5.78. The summed E-state index contributed by atoms with van der Waals surface area (Å²) in [6.45, 7) is 0. The summed E-state index contributed by atoms with van der Waals surface area (Å²) in [4.78, 5) is 4.17. The van der Waals surface area contributed by atoms with E-state index in [1.54, 1.807) is 24.3 Å². The lowest BCUT2D eigenvalue weighted by Crippen LogP contribution is -2.29. The van der Waals surface area contributed by atoms with Gasteiger partial charge in [-0.05, 0) is 29.8 Å². The first-order valence-electron chi connectivity index (χ1n) is 5.56. The molecule has 1 unspecified atom stereocenters. The molecule has 3 N–H and O–H groups in total. The Balaban J connectivity index is 2.36. The van der Waals surface area contributed by atoms with Crippen molar-refractivity contribution in [3.63, 3.8) is 0 Å². The Morgan fingerprint density at radius 2 is 2.16 bits per heavy atom. The van der Waals surface area contributed by atoms with E-state index in [2.05, 4.69) is 10.4 Å². The van der Waals surface area contributed by atoms with Crippen molar-refractivity contribution in [2.75, 3.05) is 7.11 Å². The number of nitrogens with two attached hydrogens (primary N) is 1. The highest BCUT2D eigenvalue weighted by Crippen LogP contribution is 2.25. The van der Waals surface area contributed by atoms with E-state index in [0.29, 0.717) is 16.3 Å². The molecule has 0 aliphatic carbocycles. The van der Waals surface area contributed by atoms with Gasteiger partial charge in [-0.15, -0.1) is 0 Å². The molecule has 2 rings (SSSR count). The second-order valence-electron chi connectivity index (χ2n) is 3.89. The highest BCUT2D eigenvalue weighted by atomic mass is 35.5. The molecule has 0 aliphatic rings. The van der Waals surface area contributed by atoms with Gasteiger partial charge in [0.1, 0.15) is 0 Å². The molecular weight excluding hydrogens is 269 g/mol. The van der Waals surface area contributed by atoms with Crippen LogP contribution in [-0.2, 0) is 0 Å². The van der Waals surface area contributed by atoms with Gasteiger partial charge in [-0.1, -0.05) is 17.7 Å². The van der Waals surface area contributed by atoms with Crippen LogP contribution in [0.15, 0.2) is 36.5 Å². The third kappa shape index (κ3) is 3.01. The third-order valence-electron chi connectivity index (χ3n) is 2.72. The zero-order valence-corrected chi connectivity index (χ0v) is 11.0. The van der Waals surface area contributed by atoms with E-state index in [9.17, 15) is 4.39 Å². The molecule has 0 saturated heterocycles. The van der Waals surface area contributed by atoms with Gasteiger partial charge in [0, 0.05) is 6.20 Å². The summed E-state index contributed by atoms with van der Waals surface area (Å²) in [5.41, 5.74) is 3.90. The maximum Gasteiger partial charge on any atom is 0.165 e. The summed E-state index contributed by atoms with van der Waals surface area (Å²) in [7, 11) is 1.41. The van der Waals surface area contributed by atoms with Crippen LogP contribution in [0.3, 0.4) is 0 Å². The molecule has 1 aromatic heterocycles. The third-order valence-corrected chi connectivity index (χ3v) is 2.95. The Morgan fingerprint density at radius 3 is 2.68 bits per heavy atom. The number of hydrogen-bond acceptors (Lipinski definition) is 4. The molecule has 4 nitrogen and oxygen atoms in total. The van der Waals surface area contributed by atoms with E-state index >= 15 is 0 Å². The number of nitrogens with zero attached hydrogens (tertiary/aromatic N) is 1. The predicted molar refractivity (Wildman–Crippen MR) is 71.4 cm³/mol. The summed E-state index contributed by atoms with van der Waals surface area (Å²) in [6, 6.07) is 7.65. The second kappa shape index (κ2) is 5.97. The van der Waals surface area contributed by atoms with Crippen LogP contribution in [0, 0.1) is 5.82 Å². The summed E-state index contributed by atoms with van der Waals surface area (Å²) < 4.78 is 18.6. The van der Waals surface area contributed by atoms with Gasteiger partial charge in [0.2, 0.25) is 0 Å². The van der Waals surface area contributed by atoms with Gasteiger partial charge in [-0.25, -0.2) is 9.82 Å². The average Bonchev–Trinajstić information content (AvgIpc) is 2.42. The van der Waals surface area contributed by atoms with Crippen LogP contribution in [0.2, 0.25) is 5.02 Å². The highest BCUT2D eigenvalue weighted by molar-refractivity contribution is 6.30. The smallest absolute Gasteiger partial charge is 0.165 e. The second-order valence-corrected chi connectivity index (χ2v) is 4.33. The minimum Gasteiger partial charge on any atom is -0.494 e. The SMILES string of the molecule is COc1ccc(C(NN)c2ccc(Cl)cn2)cc1F. The molecule has 2 aromatic rings. The van der Waals surface area contributed by atoms with Gasteiger partial charge in [-0.3, -0.25) is 10.8 Å². The molecule has 100 valence electrons. The van der Waals surface area contributed by atoms with Gasteiger partial charge in [0.05, 0.1) is 23.9 Å². The van der Waals surface area contributed by atoms with Gasteiger partial charge >= 0.3 is 0 Å². The molecule has 19 heavy (non-hydrogen) atoms. The van der Waals surface area contributed by atoms with Crippen molar-refractivity contribution in [1.82, 2.24) is 10.4 Å². The zero-order valence-electron chi connectivity index (χ0n) is 10.2. The normalized spacial score (nSPS) is 12.2. The quantitative estimate of drug-likeness (QED) is 0.667. The molecule has 0 saturated carbocycles. The highest BCUT2D eigenvalue weighted by Gasteiger charge is 2.15. The van der Waals surface area contributed by atoms with E-state index in [0.717, 1.165) is 0 Å². The van der Waals surface area contributed by atoms with Crippen molar-refractivity contribution in [2.24, 2.45) is 5.84 Å². The van der Waals surface area contributed by atoms with Crippen molar-refractivity contribution in [3.05, 3.63) is 58.6 Å². The van der Waals surface area contributed by atoms with Crippen molar-refractivity contribution >= 4 is 11.6 Å². The topological polar surface area (TPSA) is 60.2 Å². The number of hydrazine groups is 1. The number of benzene rings is 1. The molecule has 6 heteroatoms. The Bertz CT molecular complexity index is 562. The van der Waals surface area contributed by atoms with Crippen molar-refractivity contribution < 1.29 is 9.13 Å². The number of halogens is 2. The number of methoxy groups -OCH3 is 1. The van der Waals surface area contributed by atoms with Crippen molar-refractivity contribution in [3.8, 4) is 5.75 Å². The lowest BCUT2D eigenvalue weighted by molar-refractivity contribution is 0.385. The number of nitrogens with one attached hydrogen (secondary N) is 1. The first-order chi connectivity index (χ1) is 9.15. The minimum absolute atomic E-state index is 0.184. The average molecular weight is 282 g/mol. The predicted octanol–water partition coefficient (Wildman–Crippen LogP) is 2.44. The lowest BCUT2D eigenvalue weighted by atomic mass is 10.0. The first kappa shape index (κ1) is 13.7. The van der Waals surface area contributed by atoms with Gasteiger partial charge in [0.25, 0.3) is 0 Å². The number of rotatable bonds is 4. The number of aromatic nitrogens is 1. The summed E-state index contributed by atoms with van der Waals surface area (Å²) in [5.74, 6) is 5.25. The Morgan fingerprint density at radius 1 is 1.37 bits per heavy atom. The zero-order chi connectivity index (χ0) is 13.8. The molecular formula is C13H13ClFN3O. The maximum absolute atomic E-state index is 13.7. The molecule has 1 atom stereocenters. The van der Waals surface area contributed by atoms with E-state index in [1.165, 1.54) is 19.4 Å². The van der Waals surface area contributed by atoms with Crippen molar-refractivity contribution in [1.29, 1.82) is 0 Å². The fourth-order valence-electron chi connectivity index (χ4n) is 1.77. The standard InChI is InChI=1S/C13H13ClFN3O/c1-19-12-5-2-8(6-10(12)15)13(18-16)11-4-3-9(14)7-17-11/h2-7,13,18H,16H2,1H3. The molecule has 0 fully saturated rings. The minimum atomic E-state index is -0.450. The van der Waals surface area contributed by atoms with Gasteiger partial charge in [-0.2, -0.15) is 0 Å². The molecule has 0 radical (unpaired) electrons. The molecule has 1 aromatic carbocycles. The van der Waals surface area contributed by atoms with Crippen LogP contribution in [-0.4, -0.2) is 12.1 Å². The monoisotopic (exact) mass is 281 g/mol. The number of pyridine rings is 1. The van der Waals surface area contributed by atoms with Crippen LogP contribution < -0.4 is 16.0 Å². The van der Waals surface area contributed by atoms with Crippen LogP contribution >= 0.6 is 11.6 Å². The molecule has 0 amide bonds. The van der Waals surface area contributed by atoms with E-state index in [-0.39, 0.29) is 5.75 Å². The largest absolute Gasteiger partial charge is 0.494 e. The first-order valence-corrected chi connectivity index (χ1v) is 5.94. The Labute approximate surface area is 115 Å². The molecule has 0 aliphatic heterocycles. The number of ether oxygens (including phenoxy) is 1. The van der Waals surface area contributed by atoms with Crippen LogP contribution in [0.25, 0.3) is 0 Å².